The number of hydrogen-bond acceptors (Lipinski definition) is 3. The zero-order valence-corrected chi connectivity index (χ0v) is 7.82. The Hall–Kier alpha value is -2.08. The Morgan fingerprint density at radius 2 is 2.00 bits per heavy atom. The summed E-state index contributed by atoms with van der Waals surface area (Å²) in [5.41, 5.74) is 6.92. The molecule has 70 valence electrons. The average molecular weight is 186 g/mol. The van der Waals surface area contributed by atoms with Crippen molar-refractivity contribution >= 4 is 5.78 Å². The quantitative estimate of drug-likeness (QED) is 0.563. The van der Waals surface area contributed by atoms with Gasteiger partial charge in [0.1, 0.15) is 0 Å². The van der Waals surface area contributed by atoms with Crippen molar-refractivity contribution in [2.45, 2.75) is 6.92 Å². The molecule has 0 bridgehead atoms. The molecule has 0 amide bonds. The molecule has 1 rings (SSSR count). The van der Waals surface area contributed by atoms with Crippen molar-refractivity contribution in [3.63, 3.8) is 0 Å². The lowest BCUT2D eigenvalue weighted by Crippen LogP contribution is -1.99. The first-order valence-electron chi connectivity index (χ1n) is 4.12. The van der Waals surface area contributed by atoms with Gasteiger partial charge < -0.3 is 5.73 Å². The van der Waals surface area contributed by atoms with Gasteiger partial charge in [-0.25, -0.2) is 0 Å². The van der Waals surface area contributed by atoms with Gasteiger partial charge in [0.05, 0.1) is 11.6 Å². The summed E-state index contributed by atoms with van der Waals surface area (Å²) in [7, 11) is 0. The van der Waals surface area contributed by atoms with Crippen molar-refractivity contribution in [1.82, 2.24) is 0 Å². The number of allylic oxidation sites excluding steroid dienone is 2. The van der Waals surface area contributed by atoms with E-state index in [1.807, 2.05) is 6.07 Å². The van der Waals surface area contributed by atoms with E-state index in [9.17, 15) is 4.79 Å². The smallest absolute Gasteiger partial charge is 0.187 e. The van der Waals surface area contributed by atoms with Crippen LogP contribution in [0.25, 0.3) is 0 Å². The van der Waals surface area contributed by atoms with Crippen LogP contribution in [0.15, 0.2) is 36.0 Å². The summed E-state index contributed by atoms with van der Waals surface area (Å²) >= 11 is 0. The molecular formula is C11H10N2O. The van der Waals surface area contributed by atoms with Crippen LogP contribution in [0.2, 0.25) is 0 Å². The Kier molecular flexibility index (Phi) is 3.03. The summed E-state index contributed by atoms with van der Waals surface area (Å²) in [6, 6.07) is 8.41. The van der Waals surface area contributed by atoms with Crippen molar-refractivity contribution < 1.29 is 4.79 Å². The van der Waals surface area contributed by atoms with Crippen molar-refractivity contribution in [3.05, 3.63) is 47.2 Å². The number of carbonyl (C=O) groups excluding carboxylic acids is 1. The normalized spacial score (nSPS) is 10.7. The van der Waals surface area contributed by atoms with Gasteiger partial charge in [-0.05, 0) is 31.2 Å². The molecule has 0 fully saturated rings. The maximum Gasteiger partial charge on any atom is 0.187 e. The highest BCUT2D eigenvalue weighted by atomic mass is 16.1. The number of benzene rings is 1. The van der Waals surface area contributed by atoms with Crippen LogP contribution in [0.4, 0.5) is 0 Å². The van der Waals surface area contributed by atoms with Gasteiger partial charge >= 0.3 is 0 Å². The highest BCUT2D eigenvalue weighted by Crippen LogP contribution is 2.05. The SMILES string of the molecule is C/C(N)=C/C(=O)c1ccc(C#N)cc1. The van der Waals surface area contributed by atoms with Crippen LogP contribution < -0.4 is 5.73 Å². The highest BCUT2D eigenvalue weighted by Gasteiger charge is 2.01. The first-order valence-corrected chi connectivity index (χ1v) is 4.12. The van der Waals surface area contributed by atoms with E-state index in [1.165, 1.54) is 6.08 Å². The molecule has 3 heteroatoms. The van der Waals surface area contributed by atoms with Gasteiger partial charge in [0, 0.05) is 17.3 Å². The van der Waals surface area contributed by atoms with Gasteiger partial charge in [-0.1, -0.05) is 0 Å². The van der Waals surface area contributed by atoms with Crippen LogP contribution in [-0.4, -0.2) is 5.78 Å². The third-order valence-corrected chi connectivity index (χ3v) is 1.66. The molecule has 0 saturated heterocycles. The largest absolute Gasteiger partial charge is 0.402 e. The van der Waals surface area contributed by atoms with Gasteiger partial charge in [0.2, 0.25) is 0 Å². The number of nitriles is 1. The second-order valence-electron chi connectivity index (χ2n) is 2.94. The van der Waals surface area contributed by atoms with Crippen LogP contribution in [0, 0.1) is 11.3 Å². The van der Waals surface area contributed by atoms with Gasteiger partial charge in [0.25, 0.3) is 0 Å². The lowest BCUT2D eigenvalue weighted by molar-refractivity contribution is 0.104. The Balaban J connectivity index is 2.94. The van der Waals surface area contributed by atoms with Crippen LogP contribution in [-0.2, 0) is 0 Å². The fraction of sp³-hybridized carbons (Fsp3) is 0.0909. The Morgan fingerprint density at radius 3 is 2.43 bits per heavy atom. The van der Waals surface area contributed by atoms with Crippen LogP contribution in [0.1, 0.15) is 22.8 Å². The molecule has 1 aromatic carbocycles. The topological polar surface area (TPSA) is 66.9 Å². The monoisotopic (exact) mass is 186 g/mol. The maximum atomic E-state index is 11.4. The Morgan fingerprint density at radius 1 is 1.43 bits per heavy atom. The van der Waals surface area contributed by atoms with E-state index >= 15 is 0 Å². The Labute approximate surface area is 82.5 Å². The predicted octanol–water partition coefficient (Wildman–Crippen LogP) is 1.60. The molecule has 0 saturated carbocycles. The van der Waals surface area contributed by atoms with Crippen LogP contribution >= 0.6 is 0 Å². The molecule has 0 spiro atoms. The molecule has 2 N–H and O–H groups in total. The standard InChI is InChI=1S/C11H10N2O/c1-8(13)6-11(14)10-4-2-9(7-12)3-5-10/h2-6H,13H2,1H3/b8-6-. The second kappa shape index (κ2) is 4.24. The van der Waals surface area contributed by atoms with Crippen molar-refractivity contribution in [3.8, 4) is 6.07 Å². The minimum atomic E-state index is -0.144. The summed E-state index contributed by atoms with van der Waals surface area (Å²) in [5.74, 6) is -0.144. The number of hydrogen-bond donors (Lipinski definition) is 1. The summed E-state index contributed by atoms with van der Waals surface area (Å²) < 4.78 is 0. The van der Waals surface area contributed by atoms with Gasteiger partial charge in [-0.3, -0.25) is 4.79 Å². The van der Waals surface area contributed by atoms with E-state index in [0.29, 0.717) is 16.8 Å². The van der Waals surface area contributed by atoms with E-state index in [1.54, 1.807) is 31.2 Å². The molecule has 3 nitrogen and oxygen atoms in total. The summed E-state index contributed by atoms with van der Waals surface area (Å²) in [4.78, 5) is 11.4. The number of nitrogens with zero attached hydrogens (tertiary/aromatic N) is 1. The number of carbonyl (C=O) groups is 1. The first-order chi connectivity index (χ1) is 6.63. The van der Waals surface area contributed by atoms with Gasteiger partial charge in [-0.15, -0.1) is 0 Å². The van der Waals surface area contributed by atoms with E-state index < -0.39 is 0 Å². The first kappa shape index (κ1) is 10.0. The second-order valence-corrected chi connectivity index (χ2v) is 2.94. The summed E-state index contributed by atoms with van der Waals surface area (Å²) in [6.45, 7) is 1.65. The minimum absolute atomic E-state index is 0.144. The fourth-order valence-electron chi connectivity index (χ4n) is 0.999. The van der Waals surface area contributed by atoms with Crippen LogP contribution in [0.5, 0.6) is 0 Å². The van der Waals surface area contributed by atoms with Crippen molar-refractivity contribution in [2.75, 3.05) is 0 Å². The zero-order chi connectivity index (χ0) is 10.6. The Bertz CT molecular complexity index is 406. The highest BCUT2D eigenvalue weighted by molar-refractivity contribution is 6.04. The summed E-state index contributed by atoms with van der Waals surface area (Å²) in [5, 5.41) is 8.55. The molecule has 0 aliphatic rings. The van der Waals surface area contributed by atoms with E-state index in [4.69, 9.17) is 11.0 Å². The lowest BCUT2D eigenvalue weighted by atomic mass is 10.1. The third kappa shape index (κ3) is 2.46. The third-order valence-electron chi connectivity index (χ3n) is 1.66. The van der Waals surface area contributed by atoms with Crippen molar-refractivity contribution in [2.24, 2.45) is 5.73 Å². The molecule has 0 unspecified atom stereocenters. The lowest BCUT2D eigenvalue weighted by Gasteiger charge is -1.96. The average Bonchev–Trinajstić information content (AvgIpc) is 2.17. The summed E-state index contributed by atoms with van der Waals surface area (Å²) in [6.07, 6.45) is 1.36. The molecule has 14 heavy (non-hydrogen) atoms. The van der Waals surface area contributed by atoms with E-state index in [-0.39, 0.29) is 5.78 Å². The van der Waals surface area contributed by atoms with Crippen molar-refractivity contribution in [1.29, 1.82) is 5.26 Å². The molecule has 0 atom stereocenters. The molecule has 1 aromatic rings. The molecule has 0 aromatic heterocycles. The fourth-order valence-corrected chi connectivity index (χ4v) is 0.999. The zero-order valence-electron chi connectivity index (χ0n) is 7.82. The molecule has 0 heterocycles. The van der Waals surface area contributed by atoms with Crippen LogP contribution in [0.3, 0.4) is 0 Å². The molecule has 0 radical (unpaired) electrons. The predicted molar refractivity (Wildman–Crippen MR) is 53.4 cm³/mol. The van der Waals surface area contributed by atoms with E-state index in [0.717, 1.165) is 0 Å². The molecule has 0 aliphatic heterocycles. The minimum Gasteiger partial charge on any atom is -0.402 e. The number of ketones is 1. The number of rotatable bonds is 2. The van der Waals surface area contributed by atoms with Gasteiger partial charge in [-0.2, -0.15) is 5.26 Å². The molecule has 0 aliphatic carbocycles. The molecular weight excluding hydrogens is 176 g/mol. The van der Waals surface area contributed by atoms with E-state index in [2.05, 4.69) is 0 Å². The van der Waals surface area contributed by atoms with Gasteiger partial charge in [0.15, 0.2) is 5.78 Å². The maximum absolute atomic E-state index is 11.4. The number of nitrogens with two attached hydrogens (primary N) is 1.